The molecule has 0 aromatic heterocycles. The molecule has 0 saturated carbocycles. The lowest BCUT2D eigenvalue weighted by Gasteiger charge is -2.20. The normalized spacial score (nSPS) is 24.4. The zero-order valence-corrected chi connectivity index (χ0v) is 14.7. The van der Waals surface area contributed by atoms with Crippen molar-refractivity contribution in [1.29, 1.82) is 0 Å². The summed E-state index contributed by atoms with van der Waals surface area (Å²) in [6.45, 7) is 5.40. The molecular weight excluding hydrogens is 342 g/mol. The summed E-state index contributed by atoms with van der Waals surface area (Å²) in [5.74, 6) is -1.41. The van der Waals surface area contributed by atoms with Crippen molar-refractivity contribution < 1.29 is 17.9 Å². The van der Waals surface area contributed by atoms with Crippen LogP contribution in [0, 0.1) is 12.8 Å². The summed E-state index contributed by atoms with van der Waals surface area (Å²) in [7, 11) is -3.87. The summed E-state index contributed by atoms with van der Waals surface area (Å²) in [6.07, 6.45) is 0. The number of hydrazine groups is 1. The smallest absolute Gasteiger partial charge is 0.313 e. The molecule has 7 nitrogen and oxygen atoms in total. The molecule has 1 saturated heterocycles. The number of hydrogen-bond donors (Lipinski definition) is 3. The first-order chi connectivity index (χ1) is 10.8. The van der Waals surface area contributed by atoms with Gasteiger partial charge in [0.2, 0.25) is 0 Å². The maximum atomic E-state index is 12.6. The van der Waals surface area contributed by atoms with Crippen LogP contribution in [0.15, 0.2) is 18.2 Å². The molecule has 23 heavy (non-hydrogen) atoms. The Bertz CT molecular complexity index is 695. The molecule has 1 aromatic carbocycles. The molecule has 1 fully saturated rings. The lowest BCUT2D eigenvalue weighted by Crippen LogP contribution is -2.44. The lowest BCUT2D eigenvalue weighted by molar-refractivity contribution is -0.148. The summed E-state index contributed by atoms with van der Waals surface area (Å²) in [4.78, 5) is 12.0. The third kappa shape index (κ3) is 3.95. The van der Waals surface area contributed by atoms with Gasteiger partial charge in [0.05, 0.1) is 12.3 Å². The van der Waals surface area contributed by atoms with Gasteiger partial charge < -0.3 is 4.74 Å². The Morgan fingerprint density at radius 3 is 2.70 bits per heavy atom. The van der Waals surface area contributed by atoms with E-state index in [1.54, 1.807) is 26.0 Å². The van der Waals surface area contributed by atoms with E-state index in [1.165, 1.54) is 6.07 Å². The highest BCUT2D eigenvalue weighted by atomic mass is 35.5. The zero-order valence-electron chi connectivity index (χ0n) is 13.1. The number of rotatable bonds is 5. The highest BCUT2D eigenvalue weighted by Gasteiger charge is 2.47. The lowest BCUT2D eigenvalue weighted by atomic mass is 10.0. The van der Waals surface area contributed by atoms with E-state index in [1.807, 2.05) is 6.92 Å². The van der Waals surface area contributed by atoms with Gasteiger partial charge in [-0.05, 0) is 38.5 Å². The van der Waals surface area contributed by atoms with Gasteiger partial charge in [0, 0.05) is 11.1 Å². The average Bonchev–Trinajstić information content (AvgIpc) is 2.85. The summed E-state index contributed by atoms with van der Waals surface area (Å²) in [5.41, 5.74) is 6.60. The number of anilines is 1. The monoisotopic (exact) mass is 361 g/mol. The minimum Gasteiger partial charge on any atom is -0.466 e. The second-order valence-electron chi connectivity index (χ2n) is 5.39. The number of hydrogen-bond acceptors (Lipinski definition) is 6. The number of benzene rings is 1. The van der Waals surface area contributed by atoms with Crippen molar-refractivity contribution in [3.05, 3.63) is 28.8 Å². The fourth-order valence-electron chi connectivity index (χ4n) is 2.38. The largest absolute Gasteiger partial charge is 0.466 e. The molecule has 128 valence electrons. The molecule has 3 unspecified atom stereocenters. The van der Waals surface area contributed by atoms with Gasteiger partial charge in [-0.15, -0.1) is 0 Å². The Morgan fingerprint density at radius 1 is 1.39 bits per heavy atom. The van der Waals surface area contributed by atoms with Crippen LogP contribution in [0.25, 0.3) is 0 Å². The first-order valence-electron chi connectivity index (χ1n) is 7.21. The maximum absolute atomic E-state index is 12.6. The quantitative estimate of drug-likeness (QED) is 0.686. The van der Waals surface area contributed by atoms with E-state index >= 15 is 0 Å². The first kappa shape index (κ1) is 18.0. The molecular formula is C14H20ClN3O4S. The standard InChI is InChI=1S/C14H20ClN3O4S/c1-4-22-14(19)12-9(3)16-17-13(12)23(20,21)18-10-6-5-8(2)11(15)7-10/h5-7,9,12-13,16-18H,4H2,1-3H3. The first-order valence-corrected chi connectivity index (χ1v) is 9.14. The topological polar surface area (TPSA) is 96.5 Å². The van der Waals surface area contributed by atoms with E-state index in [0.29, 0.717) is 10.7 Å². The van der Waals surface area contributed by atoms with E-state index < -0.39 is 27.3 Å². The molecule has 1 aliphatic rings. The molecule has 1 aromatic rings. The number of nitrogens with one attached hydrogen (secondary N) is 3. The van der Waals surface area contributed by atoms with Crippen molar-refractivity contribution in [2.45, 2.75) is 32.2 Å². The van der Waals surface area contributed by atoms with Crippen LogP contribution in [0.4, 0.5) is 5.69 Å². The maximum Gasteiger partial charge on any atom is 0.313 e. The third-order valence-electron chi connectivity index (χ3n) is 3.64. The average molecular weight is 362 g/mol. The van der Waals surface area contributed by atoms with Crippen LogP contribution < -0.4 is 15.6 Å². The van der Waals surface area contributed by atoms with Gasteiger partial charge in [-0.2, -0.15) is 0 Å². The number of halogens is 1. The third-order valence-corrected chi connectivity index (χ3v) is 5.65. The van der Waals surface area contributed by atoms with Gasteiger partial charge in [-0.1, -0.05) is 17.7 Å². The van der Waals surface area contributed by atoms with Crippen LogP contribution in [0.1, 0.15) is 19.4 Å². The van der Waals surface area contributed by atoms with Gasteiger partial charge in [-0.25, -0.2) is 13.8 Å². The highest BCUT2D eigenvalue weighted by Crippen LogP contribution is 2.25. The summed E-state index contributed by atoms with van der Waals surface area (Å²) in [5, 5.41) is -0.686. The van der Waals surface area contributed by atoms with Gasteiger partial charge in [0.25, 0.3) is 10.0 Å². The van der Waals surface area contributed by atoms with Crippen molar-refractivity contribution in [1.82, 2.24) is 10.9 Å². The van der Waals surface area contributed by atoms with Crippen molar-refractivity contribution in [2.75, 3.05) is 11.3 Å². The molecule has 0 spiro atoms. The SMILES string of the molecule is CCOC(=O)C1C(C)NNC1S(=O)(=O)Nc1ccc(C)c(Cl)c1. The number of esters is 1. The Labute approximate surface area is 140 Å². The molecule has 3 atom stereocenters. The van der Waals surface area contributed by atoms with E-state index in [0.717, 1.165) is 5.56 Å². The van der Waals surface area contributed by atoms with E-state index in [-0.39, 0.29) is 12.6 Å². The summed E-state index contributed by atoms with van der Waals surface area (Å²) in [6, 6.07) is 4.48. The minimum atomic E-state index is -3.87. The molecule has 0 radical (unpaired) electrons. The predicted molar refractivity (Wildman–Crippen MR) is 88.4 cm³/mol. The Hall–Kier alpha value is -1.35. The van der Waals surface area contributed by atoms with Crippen molar-refractivity contribution in [3.63, 3.8) is 0 Å². The van der Waals surface area contributed by atoms with Crippen LogP contribution in [0.2, 0.25) is 5.02 Å². The Balaban J connectivity index is 2.23. The number of ether oxygens (including phenoxy) is 1. The van der Waals surface area contributed by atoms with Crippen LogP contribution in [-0.2, 0) is 19.6 Å². The highest BCUT2D eigenvalue weighted by molar-refractivity contribution is 7.93. The molecule has 2 rings (SSSR count). The van der Waals surface area contributed by atoms with Crippen LogP contribution in [0.5, 0.6) is 0 Å². The van der Waals surface area contributed by atoms with E-state index in [4.69, 9.17) is 16.3 Å². The molecule has 3 N–H and O–H groups in total. The van der Waals surface area contributed by atoms with Gasteiger partial charge in [-0.3, -0.25) is 14.9 Å². The van der Waals surface area contributed by atoms with Gasteiger partial charge >= 0.3 is 5.97 Å². The summed E-state index contributed by atoms with van der Waals surface area (Å²) >= 11 is 6.01. The second-order valence-corrected chi connectivity index (χ2v) is 7.60. The summed E-state index contributed by atoms with van der Waals surface area (Å²) < 4.78 is 32.6. The molecule has 1 aliphatic heterocycles. The number of carbonyl (C=O) groups excluding carboxylic acids is 1. The fourth-order valence-corrected chi connectivity index (χ4v) is 4.10. The van der Waals surface area contributed by atoms with E-state index in [2.05, 4.69) is 15.6 Å². The fraction of sp³-hybridized carbons (Fsp3) is 0.500. The minimum absolute atomic E-state index is 0.190. The van der Waals surface area contributed by atoms with Gasteiger partial charge in [0.15, 0.2) is 5.37 Å². The van der Waals surface area contributed by atoms with Crippen LogP contribution >= 0.6 is 11.6 Å². The second kappa shape index (κ2) is 7.04. The zero-order chi connectivity index (χ0) is 17.2. The van der Waals surface area contributed by atoms with Crippen LogP contribution in [-0.4, -0.2) is 32.4 Å². The Morgan fingerprint density at radius 2 is 2.09 bits per heavy atom. The molecule has 9 heteroatoms. The molecule has 1 heterocycles. The van der Waals surface area contributed by atoms with Crippen molar-refractivity contribution in [3.8, 4) is 0 Å². The molecule has 0 aliphatic carbocycles. The van der Waals surface area contributed by atoms with E-state index in [9.17, 15) is 13.2 Å². The predicted octanol–water partition coefficient (Wildman–Crippen LogP) is 1.39. The molecule has 0 bridgehead atoms. The Kier molecular flexibility index (Phi) is 5.51. The van der Waals surface area contributed by atoms with Crippen molar-refractivity contribution in [2.24, 2.45) is 5.92 Å². The molecule has 0 amide bonds. The van der Waals surface area contributed by atoms with Crippen molar-refractivity contribution >= 4 is 33.3 Å². The number of aryl methyl sites for hydroxylation is 1. The number of carbonyl (C=O) groups is 1. The van der Waals surface area contributed by atoms with Gasteiger partial charge in [0.1, 0.15) is 5.92 Å². The number of sulfonamides is 1. The van der Waals surface area contributed by atoms with Crippen LogP contribution in [0.3, 0.4) is 0 Å².